The number of rotatable bonds is 5. The van der Waals surface area contributed by atoms with Crippen LogP contribution in [-0.4, -0.2) is 33.0 Å². The number of carbonyl (C=O) groups is 1. The number of aromatic nitrogens is 3. The first-order valence-electron chi connectivity index (χ1n) is 5.52. The van der Waals surface area contributed by atoms with Gasteiger partial charge in [0, 0.05) is 13.1 Å². The van der Waals surface area contributed by atoms with Crippen LogP contribution in [0.5, 0.6) is 5.88 Å². The number of hydrogen-bond donors (Lipinski definition) is 2. The lowest BCUT2D eigenvalue weighted by Crippen LogP contribution is -2.01. The topological polar surface area (TPSA) is 89.3 Å². The van der Waals surface area contributed by atoms with Crippen molar-refractivity contribution >= 4 is 22.4 Å². The van der Waals surface area contributed by atoms with Crippen molar-refractivity contribution in [3.05, 3.63) is 22.3 Å². The van der Waals surface area contributed by atoms with Crippen LogP contribution in [0.4, 0.5) is 5.13 Å². The summed E-state index contributed by atoms with van der Waals surface area (Å²) in [6, 6.07) is 1.81. The van der Waals surface area contributed by atoms with Gasteiger partial charge in [-0.3, -0.25) is 0 Å². The lowest BCUT2D eigenvalue weighted by molar-refractivity contribution is 0.0701. The van der Waals surface area contributed by atoms with Gasteiger partial charge in [-0.25, -0.2) is 14.5 Å². The molecule has 0 fully saturated rings. The van der Waals surface area contributed by atoms with Gasteiger partial charge in [0.15, 0.2) is 5.13 Å². The summed E-state index contributed by atoms with van der Waals surface area (Å²) in [6.45, 7) is 2.14. The van der Waals surface area contributed by atoms with Crippen LogP contribution in [0, 0.1) is 6.92 Å². The fourth-order valence-corrected chi connectivity index (χ4v) is 2.42. The molecule has 0 aliphatic heterocycles. The largest absolute Gasteiger partial charge is 0.481 e. The van der Waals surface area contributed by atoms with Gasteiger partial charge in [-0.2, -0.15) is 5.10 Å². The number of aryl methyl sites for hydroxylation is 2. The zero-order valence-electron chi connectivity index (χ0n) is 10.8. The minimum absolute atomic E-state index is 0.251. The lowest BCUT2D eigenvalue weighted by Gasteiger charge is -1.97. The van der Waals surface area contributed by atoms with Crippen LogP contribution in [0.2, 0.25) is 0 Å². The van der Waals surface area contributed by atoms with Gasteiger partial charge in [-0.05, 0) is 6.92 Å². The Balaban J connectivity index is 2.05. The van der Waals surface area contributed by atoms with Crippen LogP contribution in [-0.2, 0) is 13.6 Å². The maximum atomic E-state index is 10.9. The van der Waals surface area contributed by atoms with Gasteiger partial charge in [-0.1, -0.05) is 11.3 Å². The van der Waals surface area contributed by atoms with Crippen molar-refractivity contribution in [2.24, 2.45) is 7.05 Å². The molecule has 102 valence electrons. The molecule has 7 nitrogen and oxygen atoms in total. The number of carboxylic acids is 1. The molecule has 2 aromatic heterocycles. The van der Waals surface area contributed by atoms with Gasteiger partial charge < -0.3 is 15.2 Å². The van der Waals surface area contributed by atoms with E-state index in [1.54, 1.807) is 25.8 Å². The third-order valence-corrected chi connectivity index (χ3v) is 3.61. The number of hydrogen-bond acceptors (Lipinski definition) is 6. The maximum absolute atomic E-state index is 10.9. The number of nitrogens with zero attached hydrogens (tertiary/aromatic N) is 3. The Bertz CT molecular complexity index is 605. The first kappa shape index (κ1) is 13.3. The standard InChI is InChI=1S/C11H14N4O3S/c1-6-9(10(16)17)19-11(13-6)12-5-7-4-8(18-3)15(2)14-7/h4H,5H2,1-3H3,(H,12,13)(H,16,17). The fourth-order valence-electron chi connectivity index (χ4n) is 1.62. The molecule has 0 unspecified atom stereocenters. The monoisotopic (exact) mass is 282 g/mol. The van der Waals surface area contributed by atoms with Gasteiger partial charge in [0.25, 0.3) is 0 Å². The molecule has 0 aromatic carbocycles. The Morgan fingerprint density at radius 1 is 1.63 bits per heavy atom. The van der Waals surface area contributed by atoms with Crippen LogP contribution in [0.25, 0.3) is 0 Å². The van der Waals surface area contributed by atoms with Crippen molar-refractivity contribution in [1.29, 1.82) is 0 Å². The van der Waals surface area contributed by atoms with E-state index in [9.17, 15) is 4.79 Å². The van der Waals surface area contributed by atoms with Crippen LogP contribution in [0.3, 0.4) is 0 Å². The van der Waals surface area contributed by atoms with E-state index in [2.05, 4.69) is 15.4 Å². The molecule has 0 radical (unpaired) electrons. The van der Waals surface area contributed by atoms with Crippen molar-refractivity contribution in [3.8, 4) is 5.88 Å². The Labute approximate surface area is 113 Å². The first-order chi connectivity index (χ1) is 9.01. The Morgan fingerprint density at radius 2 is 2.37 bits per heavy atom. The summed E-state index contributed by atoms with van der Waals surface area (Å²) in [5.41, 5.74) is 1.31. The summed E-state index contributed by atoms with van der Waals surface area (Å²) >= 11 is 1.12. The highest BCUT2D eigenvalue weighted by molar-refractivity contribution is 7.17. The summed E-state index contributed by atoms with van der Waals surface area (Å²) in [6.07, 6.45) is 0. The molecule has 19 heavy (non-hydrogen) atoms. The lowest BCUT2D eigenvalue weighted by atomic mass is 10.4. The molecule has 0 spiro atoms. The van der Waals surface area contributed by atoms with E-state index in [-0.39, 0.29) is 4.88 Å². The highest BCUT2D eigenvalue weighted by Gasteiger charge is 2.14. The number of anilines is 1. The fraction of sp³-hybridized carbons (Fsp3) is 0.364. The summed E-state index contributed by atoms with van der Waals surface area (Å²) in [4.78, 5) is 15.3. The molecule has 0 aliphatic carbocycles. The molecule has 2 aromatic rings. The third-order valence-electron chi connectivity index (χ3n) is 2.51. The second kappa shape index (κ2) is 5.27. The molecular formula is C11H14N4O3S. The molecule has 2 heterocycles. The molecule has 0 saturated heterocycles. The van der Waals surface area contributed by atoms with Crippen LogP contribution in [0.1, 0.15) is 21.1 Å². The third kappa shape index (κ3) is 2.84. The van der Waals surface area contributed by atoms with E-state index in [1.807, 2.05) is 6.07 Å². The smallest absolute Gasteiger partial charge is 0.347 e. The highest BCUT2D eigenvalue weighted by atomic mass is 32.1. The van der Waals surface area contributed by atoms with Gasteiger partial charge in [0.2, 0.25) is 5.88 Å². The molecule has 2 N–H and O–H groups in total. The van der Waals surface area contributed by atoms with Crippen molar-refractivity contribution < 1.29 is 14.6 Å². The highest BCUT2D eigenvalue weighted by Crippen LogP contribution is 2.23. The van der Waals surface area contributed by atoms with E-state index in [0.29, 0.717) is 23.3 Å². The predicted octanol–water partition coefficient (Wildman–Crippen LogP) is 1.50. The minimum Gasteiger partial charge on any atom is -0.481 e. The zero-order valence-corrected chi connectivity index (χ0v) is 11.6. The average molecular weight is 282 g/mol. The number of methoxy groups -OCH3 is 1. The summed E-state index contributed by atoms with van der Waals surface area (Å²) in [5, 5.41) is 16.8. The van der Waals surface area contributed by atoms with Crippen LogP contribution >= 0.6 is 11.3 Å². The minimum atomic E-state index is -0.956. The quantitative estimate of drug-likeness (QED) is 0.864. The molecule has 0 amide bonds. The average Bonchev–Trinajstić information content (AvgIpc) is 2.89. The second-order valence-electron chi connectivity index (χ2n) is 3.89. The number of thiazole rings is 1. The van der Waals surface area contributed by atoms with E-state index in [4.69, 9.17) is 9.84 Å². The second-order valence-corrected chi connectivity index (χ2v) is 4.89. The summed E-state index contributed by atoms with van der Waals surface area (Å²) in [5.74, 6) is -0.291. The molecule has 0 atom stereocenters. The molecule has 0 bridgehead atoms. The van der Waals surface area contributed by atoms with E-state index < -0.39 is 5.97 Å². The molecule has 8 heteroatoms. The van der Waals surface area contributed by atoms with Gasteiger partial charge in [0.1, 0.15) is 4.88 Å². The molecular weight excluding hydrogens is 268 g/mol. The van der Waals surface area contributed by atoms with Crippen molar-refractivity contribution in [1.82, 2.24) is 14.8 Å². The van der Waals surface area contributed by atoms with Crippen molar-refractivity contribution in [3.63, 3.8) is 0 Å². The van der Waals surface area contributed by atoms with Gasteiger partial charge >= 0.3 is 5.97 Å². The van der Waals surface area contributed by atoms with E-state index in [0.717, 1.165) is 17.0 Å². The maximum Gasteiger partial charge on any atom is 0.347 e. The normalized spacial score (nSPS) is 10.5. The van der Waals surface area contributed by atoms with Crippen molar-refractivity contribution in [2.45, 2.75) is 13.5 Å². The van der Waals surface area contributed by atoms with Crippen LogP contribution < -0.4 is 10.1 Å². The van der Waals surface area contributed by atoms with Gasteiger partial charge in [-0.15, -0.1) is 0 Å². The Kier molecular flexibility index (Phi) is 3.70. The number of carboxylic acid groups (broad SMARTS) is 1. The van der Waals surface area contributed by atoms with E-state index >= 15 is 0 Å². The zero-order chi connectivity index (χ0) is 14.0. The molecule has 2 rings (SSSR count). The number of ether oxygens (including phenoxy) is 1. The summed E-state index contributed by atoms with van der Waals surface area (Å²) < 4.78 is 6.75. The Morgan fingerprint density at radius 3 is 2.89 bits per heavy atom. The van der Waals surface area contributed by atoms with Crippen LogP contribution in [0.15, 0.2) is 6.07 Å². The number of nitrogens with one attached hydrogen (secondary N) is 1. The SMILES string of the molecule is COc1cc(CNc2nc(C)c(C(=O)O)s2)nn1C. The van der Waals surface area contributed by atoms with E-state index in [1.165, 1.54) is 0 Å². The number of aromatic carboxylic acids is 1. The van der Waals surface area contributed by atoms with Gasteiger partial charge in [0.05, 0.1) is 25.0 Å². The first-order valence-corrected chi connectivity index (χ1v) is 6.34. The predicted molar refractivity (Wildman–Crippen MR) is 70.9 cm³/mol. The Hall–Kier alpha value is -2.09. The van der Waals surface area contributed by atoms with Crippen molar-refractivity contribution in [2.75, 3.05) is 12.4 Å². The molecule has 0 saturated carbocycles. The summed E-state index contributed by atoms with van der Waals surface area (Å²) in [7, 11) is 3.37. The molecule has 0 aliphatic rings.